The van der Waals surface area contributed by atoms with Crippen LogP contribution in [-0.2, 0) is 19.0 Å². The number of aromatic nitrogens is 2. The standard InChI is InChI=1S/C35H43N5O7/c1-34(2,3)46-32(43)40(33(44)47-35(4,5)6)30(39-22-14-21-37-39)38-29(41)19-8-7-13-20-36-31(42)45-23-28-26-17-11-9-15-24(26)25-16-10-12-18-27(25)28/h9-12,14-18,21-22,28H,7-8,13,19-20,23H2,1-6H3,(H,36,42). The summed E-state index contributed by atoms with van der Waals surface area (Å²) in [6, 6.07) is 17.9. The molecule has 0 bridgehead atoms. The fraction of sp³-hybridized carbons (Fsp3) is 0.429. The maximum Gasteiger partial charge on any atom is 0.427 e. The van der Waals surface area contributed by atoms with E-state index in [1.807, 2.05) is 24.3 Å². The molecule has 2 aromatic carbocycles. The Morgan fingerprint density at radius 3 is 1.94 bits per heavy atom. The van der Waals surface area contributed by atoms with Crippen molar-refractivity contribution in [3.63, 3.8) is 0 Å². The maximum atomic E-state index is 13.1. The minimum atomic E-state index is -1.06. The molecule has 0 atom stereocenters. The van der Waals surface area contributed by atoms with E-state index in [2.05, 4.69) is 39.7 Å². The van der Waals surface area contributed by atoms with Crippen LogP contribution in [0.4, 0.5) is 14.4 Å². The Bertz CT molecular complexity index is 1530. The number of unbranched alkanes of at least 4 members (excludes halogenated alkanes) is 2. The van der Waals surface area contributed by atoms with Gasteiger partial charge in [0, 0.05) is 31.3 Å². The third kappa shape index (κ3) is 9.74. The fourth-order valence-electron chi connectivity index (χ4n) is 5.03. The van der Waals surface area contributed by atoms with Crippen LogP contribution in [-0.4, -0.2) is 69.2 Å². The monoisotopic (exact) mass is 645 g/mol. The predicted molar refractivity (Wildman–Crippen MR) is 176 cm³/mol. The Hall–Kier alpha value is -5.00. The second-order valence-electron chi connectivity index (χ2n) is 13.1. The van der Waals surface area contributed by atoms with Crippen LogP contribution in [0.25, 0.3) is 11.1 Å². The number of alkyl carbamates (subject to hydrolysis) is 1. The summed E-state index contributed by atoms with van der Waals surface area (Å²) in [6.07, 6.45) is 1.96. The van der Waals surface area contributed by atoms with E-state index < -0.39 is 35.4 Å². The summed E-state index contributed by atoms with van der Waals surface area (Å²) in [5, 5.41) is 6.85. The molecule has 1 aliphatic rings. The first kappa shape index (κ1) is 34.9. The van der Waals surface area contributed by atoms with Gasteiger partial charge in [0.1, 0.15) is 17.8 Å². The van der Waals surface area contributed by atoms with Gasteiger partial charge in [-0.2, -0.15) is 10.1 Å². The normalized spacial score (nSPS) is 12.9. The van der Waals surface area contributed by atoms with Crippen LogP contribution in [0.2, 0.25) is 0 Å². The minimum Gasteiger partial charge on any atom is -0.449 e. The van der Waals surface area contributed by atoms with Crippen LogP contribution in [0.15, 0.2) is 72.0 Å². The number of hydrogen-bond donors (Lipinski definition) is 1. The Morgan fingerprint density at radius 1 is 0.830 bits per heavy atom. The van der Waals surface area contributed by atoms with Gasteiger partial charge < -0.3 is 19.5 Å². The zero-order valence-corrected chi connectivity index (χ0v) is 27.8. The zero-order valence-electron chi connectivity index (χ0n) is 27.8. The zero-order chi connectivity index (χ0) is 34.2. The lowest BCUT2D eigenvalue weighted by Gasteiger charge is -2.28. The number of imide groups is 1. The number of nitrogens with zero attached hydrogens (tertiary/aromatic N) is 4. The van der Waals surface area contributed by atoms with Crippen LogP contribution in [0.1, 0.15) is 84.3 Å². The van der Waals surface area contributed by atoms with Crippen molar-refractivity contribution in [2.75, 3.05) is 13.2 Å². The molecule has 4 rings (SSSR count). The Balaban J connectivity index is 1.29. The molecule has 1 heterocycles. The average Bonchev–Trinajstić information content (AvgIpc) is 3.63. The maximum absolute atomic E-state index is 13.1. The topological polar surface area (TPSA) is 141 Å². The molecule has 1 aliphatic carbocycles. The highest BCUT2D eigenvalue weighted by Crippen LogP contribution is 2.44. The SMILES string of the molecule is CC(C)(C)OC(=O)N(C(=O)OC(C)(C)C)C(=NC(=O)CCCCCNC(=O)OCC1c2ccccc2-c2ccccc21)n1cccn1. The number of rotatable bonds is 8. The fourth-order valence-corrected chi connectivity index (χ4v) is 5.03. The van der Waals surface area contributed by atoms with Gasteiger partial charge in [-0.1, -0.05) is 55.0 Å². The lowest BCUT2D eigenvalue weighted by Crippen LogP contribution is -2.49. The smallest absolute Gasteiger partial charge is 0.427 e. The Labute approximate surface area is 275 Å². The van der Waals surface area contributed by atoms with E-state index in [0.717, 1.165) is 26.9 Å². The third-order valence-electron chi connectivity index (χ3n) is 6.97. The van der Waals surface area contributed by atoms with Crippen molar-refractivity contribution in [1.29, 1.82) is 0 Å². The molecular formula is C35H43N5O7. The van der Waals surface area contributed by atoms with E-state index in [1.54, 1.807) is 47.6 Å². The molecule has 3 aromatic rings. The number of carbonyl (C=O) groups is 4. The van der Waals surface area contributed by atoms with Gasteiger partial charge in [0.15, 0.2) is 0 Å². The summed E-state index contributed by atoms with van der Waals surface area (Å²) in [4.78, 5) is 56.3. The number of aliphatic imine (C=N–C) groups is 1. The molecule has 250 valence electrons. The average molecular weight is 646 g/mol. The van der Waals surface area contributed by atoms with Crippen LogP contribution in [0, 0.1) is 0 Å². The second-order valence-corrected chi connectivity index (χ2v) is 13.1. The number of amides is 4. The van der Waals surface area contributed by atoms with Crippen LogP contribution in [0.3, 0.4) is 0 Å². The predicted octanol–water partition coefficient (Wildman–Crippen LogP) is 6.89. The molecular weight excluding hydrogens is 602 g/mol. The summed E-state index contributed by atoms with van der Waals surface area (Å²) in [7, 11) is 0. The quantitative estimate of drug-likeness (QED) is 0.121. The summed E-state index contributed by atoms with van der Waals surface area (Å²) in [5.41, 5.74) is 2.73. The van der Waals surface area contributed by atoms with Crippen molar-refractivity contribution in [3.05, 3.63) is 78.1 Å². The van der Waals surface area contributed by atoms with Crippen molar-refractivity contribution in [2.45, 2.75) is 84.3 Å². The van der Waals surface area contributed by atoms with Gasteiger partial charge in [-0.3, -0.25) is 4.79 Å². The van der Waals surface area contributed by atoms with Crippen molar-refractivity contribution in [3.8, 4) is 11.1 Å². The molecule has 4 amide bonds. The first-order valence-corrected chi connectivity index (χ1v) is 15.7. The van der Waals surface area contributed by atoms with Crippen molar-refractivity contribution >= 4 is 30.1 Å². The minimum absolute atomic E-state index is 0.0205. The van der Waals surface area contributed by atoms with Gasteiger partial charge in [0.05, 0.1) is 0 Å². The molecule has 47 heavy (non-hydrogen) atoms. The van der Waals surface area contributed by atoms with E-state index in [4.69, 9.17) is 14.2 Å². The third-order valence-corrected chi connectivity index (χ3v) is 6.97. The van der Waals surface area contributed by atoms with E-state index in [-0.39, 0.29) is 24.9 Å². The number of fused-ring (bicyclic) bond motifs is 3. The van der Waals surface area contributed by atoms with E-state index in [0.29, 0.717) is 30.7 Å². The second kappa shape index (κ2) is 15.1. The number of ether oxygens (including phenoxy) is 3. The van der Waals surface area contributed by atoms with Gasteiger partial charge in [0.2, 0.25) is 11.9 Å². The van der Waals surface area contributed by atoms with Crippen molar-refractivity contribution < 1.29 is 33.4 Å². The lowest BCUT2D eigenvalue weighted by molar-refractivity contribution is -0.117. The van der Waals surface area contributed by atoms with Crippen molar-refractivity contribution in [2.24, 2.45) is 4.99 Å². The van der Waals surface area contributed by atoms with Gasteiger partial charge in [-0.15, -0.1) is 4.90 Å². The molecule has 12 heteroatoms. The molecule has 0 fully saturated rings. The van der Waals surface area contributed by atoms with E-state index >= 15 is 0 Å². The van der Waals surface area contributed by atoms with Crippen LogP contribution >= 0.6 is 0 Å². The van der Waals surface area contributed by atoms with Gasteiger partial charge >= 0.3 is 18.3 Å². The van der Waals surface area contributed by atoms with E-state index in [9.17, 15) is 19.2 Å². The first-order chi connectivity index (χ1) is 22.2. The van der Waals surface area contributed by atoms with Gasteiger partial charge in [0.25, 0.3) is 0 Å². The first-order valence-electron chi connectivity index (χ1n) is 15.7. The Morgan fingerprint density at radius 2 is 1.40 bits per heavy atom. The van der Waals surface area contributed by atoms with Crippen LogP contribution < -0.4 is 5.32 Å². The molecule has 0 unspecified atom stereocenters. The number of hydrogen-bond acceptors (Lipinski definition) is 8. The summed E-state index contributed by atoms with van der Waals surface area (Å²) < 4.78 is 17.6. The van der Waals surface area contributed by atoms with Gasteiger partial charge in [-0.25, -0.2) is 19.1 Å². The molecule has 12 nitrogen and oxygen atoms in total. The molecule has 1 N–H and O–H groups in total. The molecule has 0 spiro atoms. The lowest BCUT2D eigenvalue weighted by atomic mass is 9.98. The van der Waals surface area contributed by atoms with E-state index in [1.165, 1.54) is 12.4 Å². The number of carbonyl (C=O) groups excluding carboxylic acids is 4. The Kier molecular flexibility index (Phi) is 11.2. The summed E-state index contributed by atoms with van der Waals surface area (Å²) in [5.74, 6) is -0.953. The highest BCUT2D eigenvalue weighted by atomic mass is 16.6. The molecule has 0 saturated heterocycles. The number of benzene rings is 2. The molecule has 0 radical (unpaired) electrons. The summed E-state index contributed by atoms with van der Waals surface area (Å²) in [6.45, 7) is 10.5. The van der Waals surface area contributed by atoms with Crippen molar-refractivity contribution in [1.82, 2.24) is 20.0 Å². The molecule has 1 aromatic heterocycles. The van der Waals surface area contributed by atoms with Gasteiger partial charge in [-0.05, 0) is 82.7 Å². The molecule has 0 saturated carbocycles. The largest absolute Gasteiger partial charge is 0.449 e. The van der Waals surface area contributed by atoms with Crippen LogP contribution in [0.5, 0.6) is 0 Å². The highest BCUT2D eigenvalue weighted by molar-refractivity contribution is 6.11. The molecule has 0 aliphatic heterocycles. The summed E-state index contributed by atoms with van der Waals surface area (Å²) >= 11 is 0. The highest BCUT2D eigenvalue weighted by Gasteiger charge is 2.37. The number of nitrogens with one attached hydrogen (secondary N) is 1.